The maximum absolute atomic E-state index is 2.62. The van der Waals surface area contributed by atoms with Crippen LogP contribution in [-0.2, 0) is 27.1 Å². The molecule has 0 aliphatic carbocycles. The first-order chi connectivity index (χ1) is 41.8. The van der Waals surface area contributed by atoms with E-state index >= 15 is 0 Å². The SMILES string of the molecule is CC(C)(C)c1cc(N(c2ccc(-c3ccccc3)c(C(C)(C)C)c2)c2c(-c3ccccc3)cc(C(C)(C)C)cc2-c2ccccc2)cc(N(c2ccc(-c3ccccc3)c(C(C)(C)C)c2)c2c(-c3ccccc3)cc(C(C)(C)C)cc2-c2ccccc2)c1. The molecule has 0 saturated heterocycles. The first-order valence-corrected chi connectivity index (χ1v) is 31.6. The summed E-state index contributed by atoms with van der Waals surface area (Å²) >= 11 is 0. The molecule has 0 amide bonds. The summed E-state index contributed by atoms with van der Waals surface area (Å²) in [6.07, 6.45) is 0. The molecular weight excluding hydrogens is 1060 g/mol. The molecule has 0 heterocycles. The highest BCUT2D eigenvalue weighted by Gasteiger charge is 2.33. The van der Waals surface area contributed by atoms with E-state index in [-0.39, 0.29) is 27.1 Å². The van der Waals surface area contributed by atoms with Gasteiger partial charge in [0.25, 0.3) is 0 Å². The zero-order valence-electron chi connectivity index (χ0n) is 54.7. The highest BCUT2D eigenvalue weighted by atomic mass is 15.2. The van der Waals surface area contributed by atoms with Crippen molar-refractivity contribution in [3.63, 3.8) is 0 Å². The van der Waals surface area contributed by atoms with Crippen LogP contribution < -0.4 is 9.80 Å². The van der Waals surface area contributed by atoms with Crippen LogP contribution in [0.5, 0.6) is 0 Å². The second kappa shape index (κ2) is 23.9. The summed E-state index contributed by atoms with van der Waals surface area (Å²) < 4.78 is 0. The van der Waals surface area contributed by atoms with Gasteiger partial charge >= 0.3 is 0 Å². The molecule has 442 valence electrons. The Hall–Kier alpha value is -8.98. The predicted octanol–water partition coefficient (Wildman–Crippen LogP) is 25.1. The van der Waals surface area contributed by atoms with Crippen molar-refractivity contribution in [3.8, 4) is 66.8 Å². The Morgan fingerprint density at radius 1 is 0.193 bits per heavy atom. The predicted molar refractivity (Wildman–Crippen MR) is 382 cm³/mol. The molecule has 0 aliphatic heterocycles. The first-order valence-electron chi connectivity index (χ1n) is 31.6. The van der Waals surface area contributed by atoms with Gasteiger partial charge in [-0.1, -0.05) is 298 Å². The fraction of sp³-hybridized carbons (Fsp3) is 0.233. The highest BCUT2D eigenvalue weighted by Crippen LogP contribution is 2.55. The van der Waals surface area contributed by atoms with Crippen LogP contribution in [0, 0.1) is 0 Å². The maximum atomic E-state index is 2.62. The van der Waals surface area contributed by atoms with Gasteiger partial charge in [0, 0.05) is 45.0 Å². The van der Waals surface area contributed by atoms with Gasteiger partial charge in [-0.2, -0.15) is 0 Å². The summed E-state index contributed by atoms with van der Waals surface area (Å²) in [6.45, 7) is 35.3. The number of nitrogens with zero attached hydrogens (tertiary/aromatic N) is 2. The molecule has 0 unspecified atom stereocenters. The van der Waals surface area contributed by atoms with E-state index in [4.69, 9.17) is 0 Å². The van der Waals surface area contributed by atoms with Gasteiger partial charge in [0.2, 0.25) is 0 Å². The van der Waals surface area contributed by atoms with Crippen molar-refractivity contribution in [2.24, 2.45) is 0 Å². The van der Waals surface area contributed by atoms with Gasteiger partial charge in [-0.25, -0.2) is 0 Å². The molecule has 88 heavy (non-hydrogen) atoms. The van der Waals surface area contributed by atoms with Crippen LogP contribution in [-0.4, -0.2) is 0 Å². The molecule has 0 aromatic heterocycles. The zero-order valence-corrected chi connectivity index (χ0v) is 54.7. The van der Waals surface area contributed by atoms with Crippen LogP contribution in [0.25, 0.3) is 66.8 Å². The molecule has 2 heteroatoms. The lowest BCUT2D eigenvalue weighted by Crippen LogP contribution is -2.21. The third-order valence-electron chi connectivity index (χ3n) is 17.3. The van der Waals surface area contributed by atoms with Gasteiger partial charge in [0.05, 0.1) is 11.4 Å². The van der Waals surface area contributed by atoms with Crippen molar-refractivity contribution in [2.45, 2.75) is 131 Å². The normalized spacial score (nSPS) is 12.3. The second-order valence-electron chi connectivity index (χ2n) is 29.2. The van der Waals surface area contributed by atoms with Crippen molar-refractivity contribution in [3.05, 3.63) is 289 Å². The Morgan fingerprint density at radius 2 is 0.420 bits per heavy atom. The quantitative estimate of drug-likeness (QED) is 0.120. The molecule has 0 spiro atoms. The molecule has 11 rings (SSSR count). The lowest BCUT2D eigenvalue weighted by atomic mass is 9.80. The van der Waals surface area contributed by atoms with Crippen LogP contribution in [0.3, 0.4) is 0 Å². The summed E-state index contributed by atoms with van der Waals surface area (Å²) in [6, 6.07) is 98.1. The minimum absolute atomic E-state index is 0.162. The van der Waals surface area contributed by atoms with Crippen LogP contribution in [0.15, 0.2) is 261 Å². The average Bonchev–Trinajstić information content (AvgIpc) is 0.852. The summed E-state index contributed by atoms with van der Waals surface area (Å²) in [7, 11) is 0. The van der Waals surface area contributed by atoms with Gasteiger partial charge in [-0.3, -0.25) is 0 Å². The molecule has 0 N–H and O–H groups in total. The standard InChI is InChI=1S/C86H88N2/c1-82(2,3)65-50-70(87(68-46-48-72(59-34-22-16-23-35-59)78(57-68)85(10,11)12)80-74(61-38-26-18-27-39-61)52-66(83(4,5)6)53-75(80)62-40-28-19-29-41-62)56-71(51-65)88(69-47-49-73(60-36-24-17-25-37-60)79(58-69)86(13,14)15)81-76(63-42-30-20-31-43-63)54-67(84(7,8)9)55-77(81)64-44-32-21-33-45-64/h16-58H,1-15H3. The summed E-state index contributed by atoms with van der Waals surface area (Å²) in [4.78, 5) is 5.24. The number of benzene rings is 11. The van der Waals surface area contributed by atoms with Crippen molar-refractivity contribution in [1.82, 2.24) is 0 Å². The Kier molecular flexibility index (Phi) is 16.5. The fourth-order valence-corrected chi connectivity index (χ4v) is 12.4. The van der Waals surface area contributed by atoms with Crippen molar-refractivity contribution in [2.75, 3.05) is 9.80 Å². The number of hydrogen-bond donors (Lipinski definition) is 0. The van der Waals surface area contributed by atoms with Gasteiger partial charge in [-0.15, -0.1) is 0 Å². The van der Waals surface area contributed by atoms with Crippen LogP contribution in [0.1, 0.15) is 132 Å². The Bertz CT molecular complexity index is 3830. The molecule has 2 nitrogen and oxygen atoms in total. The van der Waals surface area contributed by atoms with Crippen LogP contribution in [0.2, 0.25) is 0 Å². The Labute approximate surface area is 527 Å². The van der Waals surface area contributed by atoms with Gasteiger partial charge < -0.3 is 9.80 Å². The average molecular weight is 1150 g/mol. The first kappa shape index (κ1) is 60.7. The molecule has 0 bridgehead atoms. The molecule has 0 aliphatic rings. The molecule has 0 atom stereocenters. The van der Waals surface area contributed by atoms with E-state index in [0.29, 0.717) is 0 Å². The zero-order chi connectivity index (χ0) is 62.3. The minimum Gasteiger partial charge on any atom is -0.309 e. The van der Waals surface area contributed by atoms with E-state index in [9.17, 15) is 0 Å². The van der Waals surface area contributed by atoms with Gasteiger partial charge in [0.1, 0.15) is 0 Å². The third kappa shape index (κ3) is 12.7. The van der Waals surface area contributed by atoms with E-state index < -0.39 is 0 Å². The molecule has 0 fully saturated rings. The number of hydrogen-bond acceptors (Lipinski definition) is 2. The molecule has 11 aromatic carbocycles. The van der Waals surface area contributed by atoms with Crippen molar-refractivity contribution in [1.29, 1.82) is 0 Å². The van der Waals surface area contributed by atoms with E-state index in [0.717, 1.165) is 78.6 Å². The molecule has 11 aromatic rings. The fourth-order valence-electron chi connectivity index (χ4n) is 12.4. The number of anilines is 6. The second-order valence-corrected chi connectivity index (χ2v) is 29.2. The van der Waals surface area contributed by atoms with Crippen LogP contribution in [0.4, 0.5) is 34.1 Å². The monoisotopic (exact) mass is 1150 g/mol. The summed E-state index contributed by atoms with van der Waals surface area (Å²) in [5, 5.41) is 0. The van der Waals surface area contributed by atoms with E-state index in [1.807, 2.05) is 0 Å². The molecule has 0 radical (unpaired) electrons. The smallest absolute Gasteiger partial charge is 0.0618 e. The number of rotatable bonds is 12. The molecule has 0 saturated carbocycles. The van der Waals surface area contributed by atoms with E-state index in [2.05, 4.69) is 375 Å². The lowest BCUT2D eigenvalue weighted by molar-refractivity contribution is 0.589. The Morgan fingerprint density at radius 3 is 0.648 bits per heavy atom. The molecular formula is C86H88N2. The lowest BCUT2D eigenvalue weighted by Gasteiger charge is -2.37. The Balaban J connectivity index is 1.35. The maximum Gasteiger partial charge on any atom is 0.0618 e. The summed E-state index contributed by atoms with van der Waals surface area (Å²) in [5.41, 5.74) is 25.9. The minimum atomic E-state index is -0.301. The van der Waals surface area contributed by atoms with Crippen molar-refractivity contribution < 1.29 is 0 Å². The van der Waals surface area contributed by atoms with Crippen molar-refractivity contribution >= 4 is 34.1 Å². The summed E-state index contributed by atoms with van der Waals surface area (Å²) in [5.74, 6) is 0. The van der Waals surface area contributed by atoms with Gasteiger partial charge in [-0.05, 0) is 166 Å². The van der Waals surface area contributed by atoms with Crippen LogP contribution >= 0.6 is 0 Å². The van der Waals surface area contributed by atoms with E-state index in [1.165, 1.54) is 50.1 Å². The highest BCUT2D eigenvalue weighted by molar-refractivity contribution is 6.02. The van der Waals surface area contributed by atoms with E-state index in [1.54, 1.807) is 0 Å². The third-order valence-corrected chi connectivity index (χ3v) is 17.3. The topological polar surface area (TPSA) is 6.48 Å². The largest absolute Gasteiger partial charge is 0.309 e. The van der Waals surface area contributed by atoms with Gasteiger partial charge in [0.15, 0.2) is 0 Å².